The van der Waals surface area contributed by atoms with Gasteiger partial charge in [0.1, 0.15) is 0 Å². The molecule has 0 aliphatic rings. The molecule has 0 unspecified atom stereocenters. The van der Waals surface area contributed by atoms with Crippen LogP contribution in [-0.2, 0) is 0 Å². The van der Waals surface area contributed by atoms with Gasteiger partial charge < -0.3 is 5.73 Å². The molecule has 16 heavy (non-hydrogen) atoms. The second kappa shape index (κ2) is 4.33. The number of benzene rings is 1. The van der Waals surface area contributed by atoms with E-state index in [4.69, 9.17) is 17.3 Å². The molecule has 0 saturated carbocycles. The van der Waals surface area contributed by atoms with E-state index in [-0.39, 0.29) is 0 Å². The van der Waals surface area contributed by atoms with Crippen LogP contribution in [0, 0.1) is 0 Å². The number of halogens is 1. The smallest absolute Gasteiger partial charge is 0.249 e. The van der Waals surface area contributed by atoms with Crippen LogP contribution in [0.2, 0.25) is 5.02 Å². The maximum atomic E-state index is 11.2. The molecule has 80 valence electrons. The van der Waals surface area contributed by atoms with Crippen molar-refractivity contribution in [3.63, 3.8) is 0 Å². The molecule has 4 heteroatoms. The summed E-state index contributed by atoms with van der Waals surface area (Å²) in [4.78, 5) is 15.4. The van der Waals surface area contributed by atoms with Gasteiger partial charge in [0.2, 0.25) is 5.91 Å². The normalized spacial score (nSPS) is 10.1. The lowest BCUT2D eigenvalue weighted by Crippen LogP contribution is -2.12. The Morgan fingerprint density at radius 3 is 2.69 bits per heavy atom. The summed E-state index contributed by atoms with van der Waals surface area (Å²) in [6.07, 6.45) is 1.59. The summed E-state index contributed by atoms with van der Waals surface area (Å²) in [5.41, 5.74) is 7.06. The molecule has 0 saturated heterocycles. The Kier molecular flexibility index (Phi) is 2.88. The van der Waals surface area contributed by atoms with Crippen LogP contribution in [0.1, 0.15) is 10.4 Å². The van der Waals surface area contributed by atoms with Crippen molar-refractivity contribution in [3.05, 3.63) is 53.2 Å². The zero-order chi connectivity index (χ0) is 11.5. The molecule has 0 atom stereocenters. The lowest BCUT2D eigenvalue weighted by Gasteiger charge is -2.05. The maximum absolute atomic E-state index is 11.2. The molecule has 0 aliphatic carbocycles. The third kappa shape index (κ3) is 2.04. The standard InChI is InChI=1S/C12H9ClN2O/c13-8-5-6-15-11(7-8)9-3-1-2-4-10(9)12(14)16/h1-7H,(H2,14,16). The van der Waals surface area contributed by atoms with E-state index in [9.17, 15) is 4.79 Å². The summed E-state index contributed by atoms with van der Waals surface area (Å²) in [5.74, 6) is -0.475. The summed E-state index contributed by atoms with van der Waals surface area (Å²) in [6.45, 7) is 0. The highest BCUT2D eigenvalue weighted by molar-refractivity contribution is 6.30. The summed E-state index contributed by atoms with van der Waals surface area (Å²) in [5, 5.41) is 0.573. The summed E-state index contributed by atoms with van der Waals surface area (Å²) in [7, 11) is 0. The summed E-state index contributed by atoms with van der Waals surface area (Å²) in [6, 6.07) is 10.4. The SMILES string of the molecule is NC(=O)c1ccccc1-c1cc(Cl)ccn1. The van der Waals surface area contributed by atoms with Crippen LogP contribution in [0.25, 0.3) is 11.3 Å². The highest BCUT2D eigenvalue weighted by Crippen LogP contribution is 2.23. The van der Waals surface area contributed by atoms with E-state index in [2.05, 4.69) is 4.98 Å². The molecule has 0 radical (unpaired) electrons. The minimum atomic E-state index is -0.475. The second-order valence-electron chi connectivity index (χ2n) is 3.27. The number of nitrogens with zero attached hydrogens (tertiary/aromatic N) is 1. The minimum absolute atomic E-state index is 0.442. The maximum Gasteiger partial charge on any atom is 0.249 e. The van der Waals surface area contributed by atoms with Crippen LogP contribution in [-0.4, -0.2) is 10.9 Å². The Labute approximate surface area is 97.9 Å². The molecule has 0 spiro atoms. The van der Waals surface area contributed by atoms with Crippen molar-refractivity contribution in [2.45, 2.75) is 0 Å². The lowest BCUT2D eigenvalue weighted by atomic mass is 10.0. The number of aromatic nitrogens is 1. The molecular formula is C12H9ClN2O. The first-order valence-corrected chi connectivity index (χ1v) is 5.07. The number of carbonyl (C=O) groups excluding carboxylic acids is 1. The third-order valence-electron chi connectivity index (χ3n) is 2.19. The van der Waals surface area contributed by atoms with Crippen LogP contribution in [0.4, 0.5) is 0 Å². The van der Waals surface area contributed by atoms with Crippen molar-refractivity contribution in [2.75, 3.05) is 0 Å². The fraction of sp³-hybridized carbons (Fsp3) is 0. The van der Waals surface area contributed by atoms with Gasteiger partial charge in [-0.3, -0.25) is 9.78 Å². The van der Waals surface area contributed by atoms with Crippen molar-refractivity contribution in [2.24, 2.45) is 5.73 Å². The Bertz CT molecular complexity index is 540. The molecule has 1 amide bonds. The predicted molar refractivity (Wildman–Crippen MR) is 63.2 cm³/mol. The van der Waals surface area contributed by atoms with Crippen LogP contribution < -0.4 is 5.73 Å². The molecule has 0 fully saturated rings. The van der Waals surface area contributed by atoms with Gasteiger partial charge in [-0.05, 0) is 18.2 Å². The van der Waals surface area contributed by atoms with E-state index >= 15 is 0 Å². The van der Waals surface area contributed by atoms with Gasteiger partial charge in [0.25, 0.3) is 0 Å². The van der Waals surface area contributed by atoms with Crippen molar-refractivity contribution in [1.82, 2.24) is 4.98 Å². The van der Waals surface area contributed by atoms with Crippen LogP contribution in [0.15, 0.2) is 42.6 Å². The second-order valence-corrected chi connectivity index (χ2v) is 3.71. The van der Waals surface area contributed by atoms with Gasteiger partial charge in [-0.15, -0.1) is 0 Å². The summed E-state index contributed by atoms with van der Waals surface area (Å²) >= 11 is 5.87. The first-order valence-electron chi connectivity index (χ1n) is 4.69. The fourth-order valence-corrected chi connectivity index (χ4v) is 1.63. The number of nitrogens with two attached hydrogens (primary N) is 1. The van der Waals surface area contributed by atoms with Crippen LogP contribution in [0.3, 0.4) is 0 Å². The fourth-order valence-electron chi connectivity index (χ4n) is 1.47. The molecule has 3 nitrogen and oxygen atoms in total. The Hall–Kier alpha value is -1.87. The van der Waals surface area contributed by atoms with Gasteiger partial charge in [-0.1, -0.05) is 29.8 Å². The average molecular weight is 233 g/mol. The van der Waals surface area contributed by atoms with E-state index in [0.29, 0.717) is 21.8 Å². The number of amides is 1. The van der Waals surface area contributed by atoms with Crippen molar-refractivity contribution in [1.29, 1.82) is 0 Å². The number of hydrogen-bond donors (Lipinski definition) is 1. The van der Waals surface area contributed by atoms with Crippen LogP contribution >= 0.6 is 11.6 Å². The van der Waals surface area contributed by atoms with E-state index < -0.39 is 5.91 Å². The topological polar surface area (TPSA) is 56.0 Å². The van der Waals surface area contributed by atoms with Crippen molar-refractivity contribution < 1.29 is 4.79 Å². The molecule has 1 aromatic carbocycles. The monoisotopic (exact) mass is 232 g/mol. The number of pyridine rings is 1. The van der Waals surface area contributed by atoms with Gasteiger partial charge >= 0.3 is 0 Å². The van der Waals surface area contributed by atoms with E-state index in [1.54, 1.807) is 36.5 Å². The number of hydrogen-bond acceptors (Lipinski definition) is 2. The van der Waals surface area contributed by atoms with E-state index in [1.807, 2.05) is 6.07 Å². The highest BCUT2D eigenvalue weighted by atomic mass is 35.5. The Morgan fingerprint density at radius 2 is 2.00 bits per heavy atom. The van der Waals surface area contributed by atoms with E-state index in [0.717, 1.165) is 0 Å². The lowest BCUT2D eigenvalue weighted by molar-refractivity contribution is 0.100. The molecule has 2 N–H and O–H groups in total. The van der Waals surface area contributed by atoms with Crippen molar-refractivity contribution >= 4 is 17.5 Å². The van der Waals surface area contributed by atoms with E-state index in [1.165, 1.54) is 0 Å². The van der Waals surface area contributed by atoms with Crippen LogP contribution in [0.5, 0.6) is 0 Å². The van der Waals surface area contributed by atoms with Gasteiger partial charge in [0, 0.05) is 22.3 Å². The molecule has 1 aromatic heterocycles. The third-order valence-corrected chi connectivity index (χ3v) is 2.43. The largest absolute Gasteiger partial charge is 0.366 e. The molecule has 0 bridgehead atoms. The Morgan fingerprint density at radius 1 is 1.25 bits per heavy atom. The van der Waals surface area contributed by atoms with Gasteiger partial charge in [-0.2, -0.15) is 0 Å². The number of primary amides is 1. The summed E-state index contributed by atoms with van der Waals surface area (Å²) < 4.78 is 0. The molecule has 2 rings (SSSR count). The Balaban J connectivity index is 2.60. The predicted octanol–water partition coefficient (Wildman–Crippen LogP) is 2.50. The first kappa shape index (κ1) is 10.6. The van der Waals surface area contributed by atoms with Gasteiger partial charge in [-0.25, -0.2) is 0 Å². The quantitative estimate of drug-likeness (QED) is 0.865. The average Bonchev–Trinajstić information content (AvgIpc) is 2.29. The zero-order valence-electron chi connectivity index (χ0n) is 8.35. The molecule has 0 aliphatic heterocycles. The highest BCUT2D eigenvalue weighted by Gasteiger charge is 2.09. The van der Waals surface area contributed by atoms with Gasteiger partial charge in [0.15, 0.2) is 0 Å². The number of rotatable bonds is 2. The molecule has 1 heterocycles. The number of carbonyl (C=O) groups is 1. The molecule has 2 aromatic rings. The first-order chi connectivity index (χ1) is 7.68. The molecular weight excluding hydrogens is 224 g/mol. The van der Waals surface area contributed by atoms with Gasteiger partial charge in [0.05, 0.1) is 5.69 Å². The van der Waals surface area contributed by atoms with Crippen molar-refractivity contribution in [3.8, 4) is 11.3 Å². The zero-order valence-corrected chi connectivity index (χ0v) is 9.11. The minimum Gasteiger partial charge on any atom is -0.366 e.